The molecule has 0 aromatic heterocycles. The second-order valence-corrected chi connectivity index (χ2v) is 6.43. The van der Waals surface area contributed by atoms with Crippen LogP contribution < -0.4 is 5.32 Å². The average Bonchev–Trinajstić information content (AvgIpc) is 2.44. The van der Waals surface area contributed by atoms with Crippen LogP contribution in [0.3, 0.4) is 0 Å². The molecule has 1 aliphatic rings. The van der Waals surface area contributed by atoms with Crippen molar-refractivity contribution >= 4 is 15.9 Å². The number of rotatable bonds is 5. The van der Waals surface area contributed by atoms with E-state index >= 15 is 0 Å². The zero-order valence-electron chi connectivity index (χ0n) is 11.6. The van der Waals surface area contributed by atoms with E-state index in [1.165, 1.54) is 38.2 Å². The van der Waals surface area contributed by atoms with Crippen molar-refractivity contribution in [3.8, 4) is 0 Å². The monoisotopic (exact) mass is 327 g/mol. The maximum absolute atomic E-state index is 13.4. The lowest BCUT2D eigenvalue weighted by Gasteiger charge is -2.28. The van der Waals surface area contributed by atoms with E-state index in [1.807, 2.05) is 6.07 Å². The van der Waals surface area contributed by atoms with Crippen molar-refractivity contribution < 1.29 is 4.39 Å². The van der Waals surface area contributed by atoms with Gasteiger partial charge in [-0.25, -0.2) is 4.39 Å². The van der Waals surface area contributed by atoms with Crippen LogP contribution in [-0.4, -0.2) is 6.54 Å². The fourth-order valence-electron chi connectivity index (χ4n) is 2.94. The molecule has 0 atom stereocenters. The molecular weight excluding hydrogens is 305 g/mol. The van der Waals surface area contributed by atoms with Gasteiger partial charge in [-0.3, -0.25) is 0 Å². The third-order valence-electron chi connectivity index (χ3n) is 4.32. The first-order valence-corrected chi connectivity index (χ1v) is 8.13. The van der Waals surface area contributed by atoms with Crippen molar-refractivity contribution in [2.45, 2.75) is 45.6 Å². The molecule has 1 saturated carbocycles. The highest BCUT2D eigenvalue weighted by atomic mass is 79.9. The zero-order chi connectivity index (χ0) is 13.7. The number of hydrogen-bond donors (Lipinski definition) is 1. The molecule has 3 heteroatoms. The van der Waals surface area contributed by atoms with Gasteiger partial charge in [0.2, 0.25) is 0 Å². The summed E-state index contributed by atoms with van der Waals surface area (Å²) in [6.07, 6.45) is 6.78. The van der Waals surface area contributed by atoms with Gasteiger partial charge in [-0.15, -0.1) is 0 Å². The van der Waals surface area contributed by atoms with Gasteiger partial charge < -0.3 is 5.32 Å². The van der Waals surface area contributed by atoms with E-state index < -0.39 is 0 Å². The predicted octanol–water partition coefficient (Wildman–Crippen LogP) is 4.89. The molecule has 1 aromatic carbocycles. The maximum Gasteiger partial charge on any atom is 0.137 e. The second kappa shape index (κ2) is 7.39. The average molecular weight is 328 g/mol. The molecule has 0 aliphatic heterocycles. The van der Waals surface area contributed by atoms with Crippen LogP contribution in [-0.2, 0) is 6.54 Å². The molecule has 0 radical (unpaired) electrons. The van der Waals surface area contributed by atoms with Crippen LogP contribution in [0.2, 0.25) is 0 Å². The Balaban J connectivity index is 1.74. The first kappa shape index (κ1) is 15.0. The highest BCUT2D eigenvalue weighted by Gasteiger charge is 2.19. The molecule has 106 valence electrons. The largest absolute Gasteiger partial charge is 0.312 e. The Labute approximate surface area is 124 Å². The Hall–Kier alpha value is -0.410. The van der Waals surface area contributed by atoms with Gasteiger partial charge in [0.25, 0.3) is 0 Å². The predicted molar refractivity (Wildman–Crippen MR) is 81.5 cm³/mol. The fraction of sp³-hybridized carbons (Fsp3) is 0.625. The van der Waals surface area contributed by atoms with Crippen LogP contribution in [0.25, 0.3) is 0 Å². The molecular formula is C16H23BrFN. The number of hydrogen-bond acceptors (Lipinski definition) is 1. The molecule has 1 fully saturated rings. The molecule has 0 heterocycles. The third-order valence-corrected chi connectivity index (χ3v) is 5.21. The van der Waals surface area contributed by atoms with Gasteiger partial charge in [-0.05, 0) is 58.8 Å². The Bertz CT molecular complexity index is 400. The van der Waals surface area contributed by atoms with E-state index in [0.29, 0.717) is 4.47 Å². The fourth-order valence-corrected chi connectivity index (χ4v) is 3.34. The van der Waals surface area contributed by atoms with Gasteiger partial charge >= 0.3 is 0 Å². The van der Waals surface area contributed by atoms with Crippen LogP contribution >= 0.6 is 15.9 Å². The van der Waals surface area contributed by atoms with Crippen molar-refractivity contribution in [2.24, 2.45) is 11.8 Å². The molecule has 0 unspecified atom stereocenters. The molecule has 1 aliphatic carbocycles. The molecule has 0 bridgehead atoms. The summed E-state index contributed by atoms with van der Waals surface area (Å²) in [4.78, 5) is 0. The van der Waals surface area contributed by atoms with Gasteiger partial charge in [0.05, 0.1) is 4.47 Å². The molecule has 1 nitrogen and oxygen atoms in total. The van der Waals surface area contributed by atoms with E-state index in [2.05, 4.69) is 28.2 Å². The minimum absolute atomic E-state index is 0.178. The summed E-state index contributed by atoms with van der Waals surface area (Å²) in [6.45, 7) is 4.09. The minimum Gasteiger partial charge on any atom is -0.312 e. The van der Waals surface area contributed by atoms with Crippen molar-refractivity contribution in [2.75, 3.05) is 6.54 Å². The highest BCUT2D eigenvalue weighted by molar-refractivity contribution is 9.10. The Kier molecular flexibility index (Phi) is 5.83. The smallest absolute Gasteiger partial charge is 0.137 e. The second-order valence-electron chi connectivity index (χ2n) is 5.64. The molecule has 19 heavy (non-hydrogen) atoms. The van der Waals surface area contributed by atoms with E-state index in [0.717, 1.165) is 30.5 Å². The van der Waals surface area contributed by atoms with Crippen LogP contribution in [0.15, 0.2) is 22.7 Å². The number of benzene rings is 1. The zero-order valence-corrected chi connectivity index (χ0v) is 13.2. The Morgan fingerprint density at radius 1 is 1.21 bits per heavy atom. The van der Waals surface area contributed by atoms with E-state index in [-0.39, 0.29) is 5.82 Å². The first-order chi connectivity index (χ1) is 9.20. The molecule has 0 amide bonds. The van der Waals surface area contributed by atoms with Crippen LogP contribution in [0, 0.1) is 17.7 Å². The summed E-state index contributed by atoms with van der Waals surface area (Å²) < 4.78 is 14.0. The van der Waals surface area contributed by atoms with Crippen molar-refractivity contribution in [3.63, 3.8) is 0 Å². The standard InChI is InChI=1S/C16H23BrFN/c1-2-12-6-8-13(9-7-12)10-19-11-14-4-3-5-15(18)16(14)17/h3-5,12-13,19H,2,6-11H2,1H3. The quantitative estimate of drug-likeness (QED) is 0.811. The highest BCUT2D eigenvalue weighted by Crippen LogP contribution is 2.30. The summed E-state index contributed by atoms with van der Waals surface area (Å²) in [6, 6.07) is 5.22. The summed E-state index contributed by atoms with van der Waals surface area (Å²) in [5.41, 5.74) is 1.00. The lowest BCUT2D eigenvalue weighted by atomic mass is 9.81. The molecule has 0 spiro atoms. The minimum atomic E-state index is -0.178. The summed E-state index contributed by atoms with van der Waals surface area (Å²) >= 11 is 3.31. The van der Waals surface area contributed by atoms with Crippen LogP contribution in [0.5, 0.6) is 0 Å². The van der Waals surface area contributed by atoms with Crippen molar-refractivity contribution in [3.05, 3.63) is 34.1 Å². The number of halogens is 2. The van der Waals surface area contributed by atoms with Crippen molar-refractivity contribution in [1.29, 1.82) is 0 Å². The Morgan fingerprint density at radius 2 is 1.89 bits per heavy atom. The number of nitrogens with one attached hydrogen (secondary N) is 1. The van der Waals surface area contributed by atoms with Gasteiger partial charge in [-0.2, -0.15) is 0 Å². The van der Waals surface area contributed by atoms with E-state index in [9.17, 15) is 4.39 Å². The lowest BCUT2D eigenvalue weighted by Crippen LogP contribution is -2.26. The third kappa shape index (κ3) is 4.28. The molecule has 1 aromatic rings. The maximum atomic E-state index is 13.4. The summed E-state index contributed by atoms with van der Waals surface area (Å²) in [5.74, 6) is 1.58. The summed E-state index contributed by atoms with van der Waals surface area (Å²) in [5, 5.41) is 3.48. The Morgan fingerprint density at radius 3 is 2.58 bits per heavy atom. The van der Waals surface area contributed by atoms with Crippen LogP contribution in [0.1, 0.15) is 44.6 Å². The topological polar surface area (TPSA) is 12.0 Å². The van der Waals surface area contributed by atoms with E-state index in [1.54, 1.807) is 6.07 Å². The first-order valence-electron chi connectivity index (χ1n) is 7.34. The van der Waals surface area contributed by atoms with Crippen LogP contribution in [0.4, 0.5) is 4.39 Å². The normalized spacial score (nSPS) is 23.5. The molecule has 0 saturated heterocycles. The SMILES string of the molecule is CCC1CCC(CNCc2cccc(F)c2Br)CC1. The van der Waals surface area contributed by atoms with Gasteiger partial charge in [-0.1, -0.05) is 38.3 Å². The summed E-state index contributed by atoms with van der Waals surface area (Å²) in [7, 11) is 0. The molecule has 1 N–H and O–H groups in total. The van der Waals surface area contributed by atoms with Crippen molar-refractivity contribution in [1.82, 2.24) is 5.32 Å². The van der Waals surface area contributed by atoms with Gasteiger partial charge in [0.15, 0.2) is 0 Å². The molecule has 2 rings (SSSR count). The van der Waals surface area contributed by atoms with Gasteiger partial charge in [0, 0.05) is 6.54 Å². The van der Waals surface area contributed by atoms with E-state index in [4.69, 9.17) is 0 Å². The van der Waals surface area contributed by atoms with Gasteiger partial charge in [0.1, 0.15) is 5.82 Å². The lowest BCUT2D eigenvalue weighted by molar-refractivity contribution is 0.262.